The number of nitrogen functional groups attached to an aromatic ring is 1. The van der Waals surface area contributed by atoms with Gasteiger partial charge in [-0.1, -0.05) is 30.3 Å². The summed E-state index contributed by atoms with van der Waals surface area (Å²) in [4.78, 5) is 8.29. The molecule has 4 heteroatoms. The highest BCUT2D eigenvalue weighted by molar-refractivity contribution is 5.67. The molecule has 0 unspecified atom stereocenters. The van der Waals surface area contributed by atoms with Crippen LogP contribution in [-0.2, 0) is 0 Å². The molecule has 0 aliphatic heterocycles. The molecule has 0 aliphatic rings. The number of rotatable bonds is 2. The third-order valence-corrected chi connectivity index (χ3v) is 2.27. The molecule has 0 saturated carbocycles. The van der Waals surface area contributed by atoms with Crippen LogP contribution in [0.5, 0.6) is 0 Å². The SMILES string of the molecule is Cc1c(NN)ncnc1-c1ccccc1. The monoisotopic (exact) mass is 200 g/mol. The maximum absolute atomic E-state index is 5.36. The van der Waals surface area contributed by atoms with Gasteiger partial charge in [0.1, 0.15) is 12.1 Å². The van der Waals surface area contributed by atoms with Gasteiger partial charge in [0.25, 0.3) is 0 Å². The molecule has 4 nitrogen and oxygen atoms in total. The number of benzene rings is 1. The van der Waals surface area contributed by atoms with E-state index >= 15 is 0 Å². The van der Waals surface area contributed by atoms with E-state index in [0.717, 1.165) is 16.8 Å². The fourth-order valence-corrected chi connectivity index (χ4v) is 1.48. The second kappa shape index (κ2) is 4.06. The number of hydrogen-bond donors (Lipinski definition) is 2. The Morgan fingerprint density at radius 2 is 1.87 bits per heavy atom. The van der Waals surface area contributed by atoms with Gasteiger partial charge in [0.05, 0.1) is 5.69 Å². The van der Waals surface area contributed by atoms with E-state index < -0.39 is 0 Å². The van der Waals surface area contributed by atoms with Crippen LogP contribution >= 0.6 is 0 Å². The van der Waals surface area contributed by atoms with Gasteiger partial charge in [-0.3, -0.25) is 0 Å². The van der Waals surface area contributed by atoms with E-state index in [1.165, 1.54) is 6.33 Å². The van der Waals surface area contributed by atoms with Crippen LogP contribution in [0.3, 0.4) is 0 Å². The van der Waals surface area contributed by atoms with Gasteiger partial charge >= 0.3 is 0 Å². The summed E-state index contributed by atoms with van der Waals surface area (Å²) in [6, 6.07) is 9.95. The van der Waals surface area contributed by atoms with Gasteiger partial charge in [0.15, 0.2) is 0 Å². The number of aromatic nitrogens is 2. The smallest absolute Gasteiger partial charge is 0.146 e. The van der Waals surface area contributed by atoms with Crippen molar-refractivity contribution >= 4 is 5.82 Å². The second-order valence-electron chi connectivity index (χ2n) is 3.21. The summed E-state index contributed by atoms with van der Waals surface area (Å²) in [5, 5.41) is 0. The minimum Gasteiger partial charge on any atom is -0.308 e. The number of nitrogens with two attached hydrogens (primary N) is 1. The van der Waals surface area contributed by atoms with Crippen molar-refractivity contribution < 1.29 is 0 Å². The molecule has 76 valence electrons. The molecule has 1 aromatic carbocycles. The Morgan fingerprint density at radius 3 is 2.53 bits per heavy atom. The highest BCUT2D eigenvalue weighted by Gasteiger charge is 2.06. The molecular formula is C11H12N4. The zero-order valence-electron chi connectivity index (χ0n) is 8.44. The van der Waals surface area contributed by atoms with E-state index in [0.29, 0.717) is 5.82 Å². The lowest BCUT2D eigenvalue weighted by molar-refractivity contribution is 1.11. The van der Waals surface area contributed by atoms with Crippen LogP contribution in [-0.4, -0.2) is 9.97 Å². The molecule has 0 radical (unpaired) electrons. The third-order valence-electron chi connectivity index (χ3n) is 2.27. The zero-order valence-corrected chi connectivity index (χ0v) is 8.44. The Labute approximate surface area is 88.2 Å². The number of hydrogen-bond acceptors (Lipinski definition) is 4. The molecule has 0 bridgehead atoms. The first-order valence-electron chi connectivity index (χ1n) is 4.66. The molecule has 15 heavy (non-hydrogen) atoms. The van der Waals surface area contributed by atoms with E-state index in [-0.39, 0.29) is 0 Å². The van der Waals surface area contributed by atoms with Gasteiger partial charge in [-0.05, 0) is 6.92 Å². The summed E-state index contributed by atoms with van der Waals surface area (Å²) >= 11 is 0. The lowest BCUT2D eigenvalue weighted by Crippen LogP contribution is -2.11. The van der Waals surface area contributed by atoms with Crippen molar-refractivity contribution in [2.45, 2.75) is 6.92 Å². The van der Waals surface area contributed by atoms with Crippen LogP contribution in [0.1, 0.15) is 5.56 Å². The van der Waals surface area contributed by atoms with Crippen molar-refractivity contribution in [1.82, 2.24) is 9.97 Å². The summed E-state index contributed by atoms with van der Waals surface area (Å²) in [5.74, 6) is 6.01. The van der Waals surface area contributed by atoms with Gasteiger partial charge in [0.2, 0.25) is 0 Å². The van der Waals surface area contributed by atoms with Gasteiger partial charge < -0.3 is 5.43 Å². The average molecular weight is 200 g/mol. The van der Waals surface area contributed by atoms with E-state index in [2.05, 4.69) is 15.4 Å². The van der Waals surface area contributed by atoms with E-state index in [4.69, 9.17) is 5.84 Å². The fraction of sp³-hybridized carbons (Fsp3) is 0.0909. The molecule has 0 spiro atoms. The van der Waals surface area contributed by atoms with Crippen molar-refractivity contribution in [2.24, 2.45) is 5.84 Å². The van der Waals surface area contributed by atoms with Crippen LogP contribution in [0.25, 0.3) is 11.3 Å². The molecule has 0 atom stereocenters. The maximum Gasteiger partial charge on any atom is 0.146 e. The average Bonchev–Trinajstić information content (AvgIpc) is 2.30. The zero-order chi connectivity index (χ0) is 10.7. The molecule has 0 fully saturated rings. The normalized spacial score (nSPS) is 10.0. The van der Waals surface area contributed by atoms with E-state index in [9.17, 15) is 0 Å². The Balaban J connectivity index is 2.54. The molecule has 1 heterocycles. The van der Waals surface area contributed by atoms with Crippen molar-refractivity contribution in [3.8, 4) is 11.3 Å². The first-order chi connectivity index (χ1) is 7.33. The summed E-state index contributed by atoms with van der Waals surface area (Å²) in [7, 11) is 0. The molecular weight excluding hydrogens is 188 g/mol. The number of hydrazine groups is 1. The van der Waals surface area contributed by atoms with Crippen LogP contribution in [0.15, 0.2) is 36.7 Å². The standard InChI is InChI=1S/C11H12N4/c1-8-10(9-5-3-2-4-6-9)13-7-14-11(8)15-12/h2-7H,12H2,1H3,(H,13,14,15). The van der Waals surface area contributed by atoms with Crippen LogP contribution < -0.4 is 11.3 Å². The number of nitrogens with zero attached hydrogens (tertiary/aromatic N) is 2. The lowest BCUT2D eigenvalue weighted by Gasteiger charge is -2.08. The molecule has 0 amide bonds. The quantitative estimate of drug-likeness (QED) is 0.572. The van der Waals surface area contributed by atoms with Crippen LogP contribution in [0.2, 0.25) is 0 Å². The highest BCUT2D eigenvalue weighted by Crippen LogP contribution is 2.23. The van der Waals surface area contributed by atoms with Gasteiger partial charge in [-0.2, -0.15) is 0 Å². The molecule has 0 aliphatic carbocycles. The third kappa shape index (κ3) is 1.80. The van der Waals surface area contributed by atoms with E-state index in [1.54, 1.807) is 0 Å². The molecule has 1 aromatic heterocycles. The Kier molecular flexibility index (Phi) is 2.60. The molecule has 2 aromatic rings. The molecule has 0 saturated heterocycles. The van der Waals surface area contributed by atoms with Gasteiger partial charge in [-0.15, -0.1) is 0 Å². The minimum absolute atomic E-state index is 0.656. The van der Waals surface area contributed by atoms with Crippen molar-refractivity contribution in [2.75, 3.05) is 5.43 Å². The first-order valence-corrected chi connectivity index (χ1v) is 4.66. The van der Waals surface area contributed by atoms with E-state index in [1.807, 2.05) is 37.3 Å². The first kappa shape index (κ1) is 9.61. The largest absolute Gasteiger partial charge is 0.308 e. The predicted molar refractivity (Wildman–Crippen MR) is 60.0 cm³/mol. The van der Waals surface area contributed by atoms with Crippen LogP contribution in [0, 0.1) is 6.92 Å². The Hall–Kier alpha value is -1.94. The second-order valence-corrected chi connectivity index (χ2v) is 3.21. The fourth-order valence-electron chi connectivity index (χ4n) is 1.48. The molecule has 2 rings (SSSR count). The summed E-state index contributed by atoms with van der Waals surface area (Å²) in [6.07, 6.45) is 1.50. The van der Waals surface area contributed by atoms with Crippen molar-refractivity contribution in [1.29, 1.82) is 0 Å². The lowest BCUT2D eigenvalue weighted by atomic mass is 10.1. The number of anilines is 1. The minimum atomic E-state index is 0.656. The summed E-state index contributed by atoms with van der Waals surface area (Å²) in [6.45, 7) is 1.94. The summed E-state index contributed by atoms with van der Waals surface area (Å²) in [5.41, 5.74) is 5.47. The highest BCUT2D eigenvalue weighted by atomic mass is 15.3. The Morgan fingerprint density at radius 1 is 1.13 bits per heavy atom. The maximum atomic E-state index is 5.36. The molecule has 3 N–H and O–H groups in total. The number of nitrogens with one attached hydrogen (secondary N) is 1. The predicted octanol–water partition coefficient (Wildman–Crippen LogP) is 1.74. The summed E-state index contributed by atoms with van der Waals surface area (Å²) < 4.78 is 0. The Bertz CT molecular complexity index is 453. The van der Waals surface area contributed by atoms with Gasteiger partial charge in [-0.25, -0.2) is 15.8 Å². The van der Waals surface area contributed by atoms with Gasteiger partial charge in [0, 0.05) is 11.1 Å². The van der Waals surface area contributed by atoms with Crippen molar-refractivity contribution in [3.05, 3.63) is 42.2 Å². The van der Waals surface area contributed by atoms with Crippen molar-refractivity contribution in [3.63, 3.8) is 0 Å². The van der Waals surface area contributed by atoms with Crippen LogP contribution in [0.4, 0.5) is 5.82 Å². The topological polar surface area (TPSA) is 63.8 Å².